The van der Waals surface area contributed by atoms with Gasteiger partial charge in [0, 0.05) is 12.7 Å². The molecule has 0 aliphatic heterocycles. The van der Waals surface area contributed by atoms with E-state index in [9.17, 15) is 0 Å². The Morgan fingerprint density at radius 3 is 2.78 bits per heavy atom. The normalized spacial score (nSPS) is 10.6. The molecule has 96 valence electrons. The average molecular weight is 268 g/mol. The highest BCUT2D eigenvalue weighted by Crippen LogP contribution is 2.18. The van der Waals surface area contributed by atoms with Gasteiger partial charge in [-0.3, -0.25) is 4.68 Å². The lowest BCUT2D eigenvalue weighted by atomic mass is 10.3. The van der Waals surface area contributed by atoms with Crippen LogP contribution in [0.15, 0.2) is 12.4 Å². The van der Waals surface area contributed by atoms with E-state index in [0.717, 1.165) is 18.5 Å². The number of aryl methyl sites for hydroxylation is 1. The standard InChI is InChI=1S/C11H14ClN5O/c1-3-5-18-11-15-9(14-10(12)16-11)8-6-13-17(4-2)7-8/h6-7H,3-5H2,1-2H3. The highest BCUT2D eigenvalue weighted by molar-refractivity contribution is 6.28. The minimum Gasteiger partial charge on any atom is -0.463 e. The molecule has 0 atom stereocenters. The fraction of sp³-hybridized carbons (Fsp3) is 0.455. The van der Waals surface area contributed by atoms with E-state index in [1.54, 1.807) is 10.9 Å². The van der Waals surface area contributed by atoms with E-state index in [1.165, 1.54) is 0 Å². The van der Waals surface area contributed by atoms with Crippen LogP contribution in [0.5, 0.6) is 6.01 Å². The van der Waals surface area contributed by atoms with Crippen molar-refractivity contribution in [1.82, 2.24) is 24.7 Å². The van der Waals surface area contributed by atoms with Crippen LogP contribution in [0, 0.1) is 0 Å². The summed E-state index contributed by atoms with van der Waals surface area (Å²) in [6, 6.07) is 0.246. The predicted octanol–water partition coefficient (Wildman–Crippen LogP) is 2.20. The van der Waals surface area contributed by atoms with Crippen molar-refractivity contribution in [2.24, 2.45) is 0 Å². The number of hydrogen-bond acceptors (Lipinski definition) is 5. The summed E-state index contributed by atoms with van der Waals surface area (Å²) in [7, 11) is 0. The minimum atomic E-state index is 0.121. The van der Waals surface area contributed by atoms with Gasteiger partial charge in [0.05, 0.1) is 18.4 Å². The second-order valence-electron chi connectivity index (χ2n) is 3.64. The molecule has 0 radical (unpaired) electrons. The van der Waals surface area contributed by atoms with E-state index in [4.69, 9.17) is 16.3 Å². The van der Waals surface area contributed by atoms with E-state index in [2.05, 4.69) is 20.1 Å². The third-order valence-electron chi connectivity index (χ3n) is 2.24. The first-order chi connectivity index (χ1) is 8.72. The van der Waals surface area contributed by atoms with Crippen LogP contribution < -0.4 is 4.74 Å². The molecule has 2 aromatic rings. The maximum atomic E-state index is 5.85. The highest BCUT2D eigenvalue weighted by Gasteiger charge is 2.09. The van der Waals surface area contributed by atoms with Crippen molar-refractivity contribution in [1.29, 1.82) is 0 Å². The van der Waals surface area contributed by atoms with E-state index >= 15 is 0 Å². The summed E-state index contributed by atoms with van der Waals surface area (Å²) in [5.74, 6) is 0.473. The van der Waals surface area contributed by atoms with Crippen molar-refractivity contribution in [3.63, 3.8) is 0 Å². The Balaban J connectivity index is 2.29. The first-order valence-electron chi connectivity index (χ1n) is 5.80. The topological polar surface area (TPSA) is 65.7 Å². The fourth-order valence-corrected chi connectivity index (χ4v) is 1.52. The zero-order valence-corrected chi connectivity index (χ0v) is 11.1. The van der Waals surface area contributed by atoms with Gasteiger partial charge in [0.2, 0.25) is 5.28 Å². The van der Waals surface area contributed by atoms with Crippen molar-refractivity contribution in [2.45, 2.75) is 26.8 Å². The van der Waals surface area contributed by atoms with Gasteiger partial charge in [0.15, 0.2) is 5.82 Å². The second-order valence-corrected chi connectivity index (χ2v) is 3.98. The number of halogens is 1. The van der Waals surface area contributed by atoms with Crippen molar-refractivity contribution < 1.29 is 4.74 Å². The Morgan fingerprint density at radius 2 is 2.11 bits per heavy atom. The Kier molecular flexibility index (Phi) is 4.09. The SMILES string of the molecule is CCCOc1nc(Cl)nc(-c2cnn(CC)c2)n1. The van der Waals surface area contributed by atoms with Gasteiger partial charge in [-0.25, -0.2) is 0 Å². The Bertz CT molecular complexity index is 528. The molecule has 0 unspecified atom stereocenters. The molecule has 18 heavy (non-hydrogen) atoms. The van der Waals surface area contributed by atoms with Crippen LogP contribution in [0.1, 0.15) is 20.3 Å². The summed E-state index contributed by atoms with van der Waals surface area (Å²) in [4.78, 5) is 12.2. The first kappa shape index (κ1) is 12.8. The van der Waals surface area contributed by atoms with E-state index in [-0.39, 0.29) is 11.3 Å². The molecule has 0 saturated carbocycles. The summed E-state index contributed by atoms with van der Waals surface area (Å²) < 4.78 is 7.15. The third kappa shape index (κ3) is 2.95. The summed E-state index contributed by atoms with van der Waals surface area (Å²) in [6.45, 7) is 5.36. The highest BCUT2D eigenvalue weighted by atomic mass is 35.5. The summed E-state index contributed by atoms with van der Waals surface area (Å²) in [5, 5.41) is 4.29. The largest absolute Gasteiger partial charge is 0.463 e. The molecule has 0 amide bonds. The summed E-state index contributed by atoms with van der Waals surface area (Å²) in [5.41, 5.74) is 0.794. The van der Waals surface area contributed by atoms with Crippen molar-refractivity contribution in [2.75, 3.05) is 6.61 Å². The maximum Gasteiger partial charge on any atom is 0.321 e. The fourth-order valence-electron chi connectivity index (χ4n) is 1.37. The van der Waals surface area contributed by atoms with Gasteiger partial charge in [-0.05, 0) is 24.9 Å². The second kappa shape index (κ2) is 5.77. The molecule has 0 aliphatic rings. The maximum absolute atomic E-state index is 5.85. The van der Waals surface area contributed by atoms with Crippen LogP contribution in [0.4, 0.5) is 0 Å². The van der Waals surface area contributed by atoms with Gasteiger partial charge in [-0.2, -0.15) is 20.1 Å². The van der Waals surface area contributed by atoms with Crippen LogP contribution in [0.3, 0.4) is 0 Å². The van der Waals surface area contributed by atoms with Gasteiger partial charge in [0.25, 0.3) is 0 Å². The van der Waals surface area contributed by atoms with Gasteiger partial charge >= 0.3 is 6.01 Å². The predicted molar refractivity (Wildman–Crippen MR) is 67.5 cm³/mol. The lowest BCUT2D eigenvalue weighted by Crippen LogP contribution is -2.02. The van der Waals surface area contributed by atoms with Crippen LogP contribution in [0.25, 0.3) is 11.4 Å². The molecule has 0 spiro atoms. The van der Waals surface area contributed by atoms with Gasteiger partial charge in [-0.15, -0.1) is 0 Å². The zero-order chi connectivity index (χ0) is 13.0. The molecular formula is C11H14ClN5O. The van der Waals surface area contributed by atoms with Gasteiger partial charge < -0.3 is 4.74 Å². The number of ether oxygens (including phenoxy) is 1. The number of aromatic nitrogens is 5. The Morgan fingerprint density at radius 1 is 1.28 bits per heavy atom. The molecule has 0 aliphatic carbocycles. The quantitative estimate of drug-likeness (QED) is 0.831. The van der Waals surface area contributed by atoms with Crippen molar-refractivity contribution in [3.8, 4) is 17.4 Å². The minimum absolute atomic E-state index is 0.121. The zero-order valence-electron chi connectivity index (χ0n) is 10.3. The molecule has 0 fully saturated rings. The van der Waals surface area contributed by atoms with Gasteiger partial charge in [0.1, 0.15) is 0 Å². The summed E-state index contributed by atoms with van der Waals surface area (Å²) >= 11 is 5.85. The molecule has 2 heterocycles. The molecule has 0 bridgehead atoms. The third-order valence-corrected chi connectivity index (χ3v) is 2.41. The van der Waals surface area contributed by atoms with Gasteiger partial charge in [-0.1, -0.05) is 6.92 Å². The molecule has 0 aromatic carbocycles. The van der Waals surface area contributed by atoms with Crippen LogP contribution >= 0.6 is 11.6 Å². The van der Waals surface area contributed by atoms with Crippen molar-refractivity contribution in [3.05, 3.63) is 17.7 Å². The molecule has 6 nitrogen and oxygen atoms in total. The van der Waals surface area contributed by atoms with Crippen molar-refractivity contribution >= 4 is 11.6 Å². The monoisotopic (exact) mass is 267 g/mol. The molecule has 7 heteroatoms. The lowest BCUT2D eigenvalue weighted by Gasteiger charge is -2.03. The van der Waals surface area contributed by atoms with E-state index in [0.29, 0.717) is 12.4 Å². The van der Waals surface area contributed by atoms with Crippen LogP contribution in [-0.2, 0) is 6.54 Å². The molecule has 0 N–H and O–H groups in total. The molecule has 2 rings (SSSR count). The molecule has 2 aromatic heterocycles. The Hall–Kier alpha value is -1.69. The number of rotatable bonds is 5. The smallest absolute Gasteiger partial charge is 0.321 e. The first-order valence-corrected chi connectivity index (χ1v) is 6.18. The number of hydrogen-bond donors (Lipinski definition) is 0. The summed E-state index contributed by atoms with van der Waals surface area (Å²) in [6.07, 6.45) is 4.43. The van der Waals surface area contributed by atoms with E-state index in [1.807, 2.05) is 20.0 Å². The number of nitrogens with zero attached hydrogens (tertiary/aromatic N) is 5. The van der Waals surface area contributed by atoms with Crippen LogP contribution in [-0.4, -0.2) is 31.3 Å². The van der Waals surface area contributed by atoms with Crippen LogP contribution in [0.2, 0.25) is 5.28 Å². The Labute approximate surface area is 110 Å². The van der Waals surface area contributed by atoms with E-state index < -0.39 is 0 Å². The molecular weight excluding hydrogens is 254 g/mol. The lowest BCUT2D eigenvalue weighted by molar-refractivity contribution is 0.291. The molecule has 0 saturated heterocycles. The average Bonchev–Trinajstić information content (AvgIpc) is 2.84.